The molecule has 3 aromatic rings. The van der Waals surface area contributed by atoms with Crippen molar-refractivity contribution in [2.24, 2.45) is 5.41 Å². The number of para-hydroxylation sites is 1. The van der Waals surface area contributed by atoms with Gasteiger partial charge < -0.3 is 29.2 Å². The average molecular weight is 487 g/mol. The Hall–Kier alpha value is -3.78. The third-order valence-electron chi connectivity index (χ3n) is 7.47. The minimum atomic E-state index is -0.334. The number of furan rings is 1. The van der Waals surface area contributed by atoms with Crippen molar-refractivity contribution in [1.82, 2.24) is 4.90 Å². The molecular formula is C28H30N4O4. The van der Waals surface area contributed by atoms with Crippen molar-refractivity contribution < 1.29 is 18.7 Å². The molecule has 186 valence electrons. The van der Waals surface area contributed by atoms with E-state index in [4.69, 9.17) is 9.15 Å². The Balaban J connectivity index is 1.22. The molecule has 6 rings (SSSR count). The number of rotatable bonds is 5. The van der Waals surface area contributed by atoms with E-state index in [1.54, 1.807) is 18.2 Å². The standard InChI is InChI=1S/C28H30N4O4/c1-20-5-2-3-6-23(20)30-10-12-31(13-11-30)24-9-8-21(27(34)32-16-28(17-32)18-35-19-28)15-22(24)29-26(33)25-7-4-14-36-25/h2-9,14-15H,10-13,16-19H2,1H3,(H,29,33). The number of carbonyl (C=O) groups excluding carboxylic acids is 2. The molecule has 3 aliphatic heterocycles. The molecule has 2 aromatic carbocycles. The van der Waals surface area contributed by atoms with E-state index in [9.17, 15) is 9.59 Å². The van der Waals surface area contributed by atoms with Gasteiger partial charge in [0.15, 0.2) is 5.76 Å². The number of likely N-dealkylation sites (tertiary alicyclic amines) is 1. The SMILES string of the molecule is Cc1ccccc1N1CCN(c2ccc(C(=O)N3CC4(COC4)C3)cc2NC(=O)c2ccco2)CC1. The van der Waals surface area contributed by atoms with E-state index in [1.165, 1.54) is 17.5 Å². The van der Waals surface area contributed by atoms with Gasteiger partial charge in [0, 0.05) is 50.5 Å². The summed E-state index contributed by atoms with van der Waals surface area (Å²) in [7, 11) is 0. The van der Waals surface area contributed by atoms with Crippen LogP contribution in [0.5, 0.6) is 0 Å². The van der Waals surface area contributed by atoms with E-state index in [0.717, 1.165) is 58.2 Å². The number of amides is 2. The highest BCUT2D eigenvalue weighted by Crippen LogP contribution is 2.39. The summed E-state index contributed by atoms with van der Waals surface area (Å²) in [5, 5.41) is 2.99. The zero-order valence-corrected chi connectivity index (χ0v) is 20.4. The second kappa shape index (κ2) is 9.02. The van der Waals surface area contributed by atoms with Crippen molar-refractivity contribution in [3.63, 3.8) is 0 Å². The molecule has 1 N–H and O–H groups in total. The second-order valence-corrected chi connectivity index (χ2v) is 10.1. The van der Waals surface area contributed by atoms with E-state index >= 15 is 0 Å². The Bertz CT molecular complexity index is 1270. The van der Waals surface area contributed by atoms with Crippen LogP contribution in [-0.2, 0) is 4.74 Å². The molecule has 3 saturated heterocycles. The molecule has 1 spiro atoms. The Morgan fingerprint density at radius 3 is 2.25 bits per heavy atom. The Labute approximate surface area is 210 Å². The van der Waals surface area contributed by atoms with Crippen LogP contribution in [0.15, 0.2) is 65.3 Å². The minimum absolute atomic E-state index is 0.0167. The molecule has 8 nitrogen and oxygen atoms in total. The fourth-order valence-corrected chi connectivity index (χ4v) is 5.41. The topological polar surface area (TPSA) is 78.3 Å². The predicted octanol–water partition coefficient (Wildman–Crippen LogP) is 3.64. The number of piperazine rings is 1. The van der Waals surface area contributed by atoms with Gasteiger partial charge in [-0.3, -0.25) is 9.59 Å². The van der Waals surface area contributed by atoms with Crippen molar-refractivity contribution in [3.05, 3.63) is 77.7 Å². The van der Waals surface area contributed by atoms with Gasteiger partial charge in [0.1, 0.15) is 0 Å². The molecule has 8 heteroatoms. The third kappa shape index (κ3) is 4.11. The average Bonchev–Trinajstić information content (AvgIpc) is 3.38. The number of ether oxygens (including phenoxy) is 1. The first-order chi connectivity index (χ1) is 17.5. The van der Waals surface area contributed by atoms with E-state index in [2.05, 4.69) is 46.3 Å². The molecule has 0 radical (unpaired) electrons. The van der Waals surface area contributed by atoms with Crippen LogP contribution in [0.25, 0.3) is 0 Å². The first-order valence-electron chi connectivity index (χ1n) is 12.4. The minimum Gasteiger partial charge on any atom is -0.459 e. The number of aryl methyl sites for hydroxylation is 1. The van der Waals surface area contributed by atoms with Gasteiger partial charge in [-0.05, 0) is 48.9 Å². The first kappa shape index (κ1) is 22.7. The van der Waals surface area contributed by atoms with Crippen LogP contribution in [-0.4, -0.2) is 69.2 Å². The monoisotopic (exact) mass is 486 g/mol. The van der Waals surface area contributed by atoms with Crippen LogP contribution in [0.1, 0.15) is 26.5 Å². The number of hydrogen-bond acceptors (Lipinski definition) is 6. The highest BCUT2D eigenvalue weighted by molar-refractivity contribution is 6.05. The maximum absolute atomic E-state index is 13.2. The smallest absolute Gasteiger partial charge is 0.291 e. The summed E-state index contributed by atoms with van der Waals surface area (Å²) in [6.45, 7) is 8.40. The quantitative estimate of drug-likeness (QED) is 0.593. The summed E-state index contributed by atoms with van der Waals surface area (Å²) in [6, 6.07) is 17.4. The van der Waals surface area contributed by atoms with E-state index in [0.29, 0.717) is 11.3 Å². The van der Waals surface area contributed by atoms with Crippen LogP contribution in [0.4, 0.5) is 17.1 Å². The van der Waals surface area contributed by atoms with Gasteiger partial charge in [0.05, 0.1) is 36.3 Å². The maximum Gasteiger partial charge on any atom is 0.291 e. The third-order valence-corrected chi connectivity index (χ3v) is 7.47. The summed E-state index contributed by atoms with van der Waals surface area (Å²) in [5.41, 5.74) is 4.78. The van der Waals surface area contributed by atoms with Crippen LogP contribution in [0.2, 0.25) is 0 Å². The Morgan fingerprint density at radius 2 is 1.61 bits per heavy atom. The van der Waals surface area contributed by atoms with Gasteiger partial charge in [-0.2, -0.15) is 0 Å². The lowest BCUT2D eigenvalue weighted by Gasteiger charge is -2.54. The molecule has 36 heavy (non-hydrogen) atoms. The molecule has 0 bridgehead atoms. The molecule has 0 aliphatic carbocycles. The van der Waals surface area contributed by atoms with Crippen LogP contribution < -0.4 is 15.1 Å². The first-order valence-corrected chi connectivity index (χ1v) is 12.4. The van der Waals surface area contributed by atoms with E-state index in [-0.39, 0.29) is 23.0 Å². The number of benzene rings is 2. The lowest BCUT2D eigenvalue weighted by Crippen LogP contribution is -2.67. The Kier molecular flexibility index (Phi) is 5.68. The second-order valence-electron chi connectivity index (χ2n) is 10.1. The fourth-order valence-electron chi connectivity index (χ4n) is 5.41. The maximum atomic E-state index is 13.2. The van der Waals surface area contributed by atoms with E-state index < -0.39 is 0 Å². The lowest BCUT2D eigenvalue weighted by molar-refractivity contribution is -0.176. The number of nitrogens with one attached hydrogen (secondary N) is 1. The molecular weight excluding hydrogens is 456 g/mol. The molecule has 3 fully saturated rings. The summed E-state index contributed by atoms with van der Waals surface area (Å²) in [4.78, 5) is 32.6. The zero-order chi connectivity index (χ0) is 24.7. The molecule has 1 aromatic heterocycles. The van der Waals surface area contributed by atoms with Crippen molar-refractivity contribution in [1.29, 1.82) is 0 Å². The number of hydrogen-bond donors (Lipinski definition) is 1. The highest BCUT2D eigenvalue weighted by atomic mass is 16.5. The van der Waals surface area contributed by atoms with Gasteiger partial charge in [-0.1, -0.05) is 18.2 Å². The van der Waals surface area contributed by atoms with Gasteiger partial charge in [0.2, 0.25) is 0 Å². The number of carbonyl (C=O) groups is 2. The van der Waals surface area contributed by atoms with E-state index in [1.807, 2.05) is 17.0 Å². The van der Waals surface area contributed by atoms with Crippen molar-refractivity contribution in [3.8, 4) is 0 Å². The summed E-state index contributed by atoms with van der Waals surface area (Å²) in [6.07, 6.45) is 1.48. The molecule has 3 aliphatic rings. The molecule has 0 atom stereocenters. The van der Waals surface area contributed by atoms with Crippen molar-refractivity contribution in [2.45, 2.75) is 6.92 Å². The molecule has 0 saturated carbocycles. The van der Waals surface area contributed by atoms with Crippen molar-refractivity contribution >= 4 is 28.9 Å². The van der Waals surface area contributed by atoms with Gasteiger partial charge >= 0.3 is 0 Å². The lowest BCUT2D eigenvalue weighted by atomic mass is 9.78. The van der Waals surface area contributed by atoms with Gasteiger partial charge in [0.25, 0.3) is 11.8 Å². The summed E-state index contributed by atoms with van der Waals surface area (Å²) >= 11 is 0. The highest BCUT2D eigenvalue weighted by Gasteiger charge is 2.50. The number of nitrogens with zero attached hydrogens (tertiary/aromatic N) is 3. The largest absolute Gasteiger partial charge is 0.459 e. The number of anilines is 3. The zero-order valence-electron chi connectivity index (χ0n) is 20.4. The predicted molar refractivity (Wildman–Crippen MR) is 138 cm³/mol. The summed E-state index contributed by atoms with van der Waals surface area (Å²) < 4.78 is 10.6. The molecule has 0 unspecified atom stereocenters. The van der Waals surface area contributed by atoms with Gasteiger partial charge in [-0.15, -0.1) is 0 Å². The summed E-state index contributed by atoms with van der Waals surface area (Å²) in [5.74, 6) is -0.118. The molecule has 4 heterocycles. The fraction of sp³-hybridized carbons (Fsp3) is 0.357. The Morgan fingerprint density at radius 1 is 0.889 bits per heavy atom. The molecule has 2 amide bonds. The van der Waals surface area contributed by atoms with Gasteiger partial charge in [-0.25, -0.2) is 0 Å². The van der Waals surface area contributed by atoms with Crippen molar-refractivity contribution in [2.75, 3.05) is 67.6 Å². The van der Waals surface area contributed by atoms with Crippen LogP contribution in [0.3, 0.4) is 0 Å². The normalized spacial score (nSPS) is 18.5. The van der Waals surface area contributed by atoms with Crippen LogP contribution in [0, 0.1) is 12.3 Å². The van der Waals surface area contributed by atoms with Crippen LogP contribution >= 0.6 is 0 Å².